The van der Waals surface area contributed by atoms with Crippen LogP contribution < -0.4 is 10.1 Å². The van der Waals surface area contributed by atoms with Crippen LogP contribution >= 0.6 is 15.9 Å². The molecule has 1 aliphatic rings. The van der Waals surface area contributed by atoms with Crippen LogP contribution in [0.5, 0.6) is 5.75 Å². The number of nitro benzene ring substituents is 1. The molecular formula is C22H20BrN3O10. The number of nitrogens with zero attached hydrogens (tertiary/aromatic N) is 2. The van der Waals surface area contributed by atoms with Gasteiger partial charge in [-0.25, -0.2) is 14.4 Å². The minimum absolute atomic E-state index is 0.0451. The zero-order chi connectivity index (χ0) is 26.6. The molecular weight excluding hydrogens is 546 g/mol. The van der Waals surface area contributed by atoms with E-state index in [2.05, 4.69) is 26.0 Å². The zero-order valence-corrected chi connectivity index (χ0v) is 20.8. The smallest absolute Gasteiger partial charge is 0.373 e. The summed E-state index contributed by atoms with van der Waals surface area (Å²) in [6.07, 6.45) is -0.0111. The van der Waals surface area contributed by atoms with Gasteiger partial charge in [0.2, 0.25) is 11.5 Å². The molecule has 2 heterocycles. The van der Waals surface area contributed by atoms with E-state index in [0.717, 1.165) is 4.90 Å². The van der Waals surface area contributed by atoms with Crippen LogP contribution in [0.3, 0.4) is 0 Å². The second-order valence-corrected chi connectivity index (χ2v) is 8.17. The predicted octanol–water partition coefficient (Wildman–Crippen LogP) is 3.16. The molecule has 1 aliphatic heterocycles. The van der Waals surface area contributed by atoms with Crippen molar-refractivity contribution in [3.8, 4) is 5.75 Å². The molecule has 3 rings (SSSR count). The zero-order valence-electron chi connectivity index (χ0n) is 19.2. The molecule has 0 unspecified atom stereocenters. The van der Waals surface area contributed by atoms with Gasteiger partial charge >= 0.3 is 23.7 Å². The Morgan fingerprint density at radius 3 is 2.67 bits per heavy atom. The van der Waals surface area contributed by atoms with Crippen LogP contribution in [0.1, 0.15) is 35.7 Å². The van der Waals surface area contributed by atoms with E-state index in [1.807, 2.05) is 0 Å². The number of furan rings is 1. The van der Waals surface area contributed by atoms with Crippen LogP contribution in [-0.4, -0.2) is 53.5 Å². The molecule has 0 radical (unpaired) electrons. The van der Waals surface area contributed by atoms with Gasteiger partial charge in [0.15, 0.2) is 6.10 Å². The number of urea groups is 1. The van der Waals surface area contributed by atoms with Crippen LogP contribution in [0.2, 0.25) is 0 Å². The van der Waals surface area contributed by atoms with Crippen molar-refractivity contribution in [2.45, 2.75) is 26.5 Å². The summed E-state index contributed by atoms with van der Waals surface area (Å²) in [6, 6.07) is 4.56. The molecule has 1 aromatic heterocycles. The van der Waals surface area contributed by atoms with Crippen molar-refractivity contribution in [1.29, 1.82) is 0 Å². The lowest BCUT2D eigenvalue weighted by Gasteiger charge is -2.16. The van der Waals surface area contributed by atoms with Gasteiger partial charge in [0.1, 0.15) is 11.5 Å². The maximum absolute atomic E-state index is 12.9. The minimum atomic E-state index is -1.20. The summed E-state index contributed by atoms with van der Waals surface area (Å²) in [5, 5.41) is 14.1. The summed E-state index contributed by atoms with van der Waals surface area (Å²) in [4.78, 5) is 60.8. The lowest BCUT2D eigenvalue weighted by Crippen LogP contribution is -2.30. The number of methoxy groups -OCH3 is 1. The van der Waals surface area contributed by atoms with Gasteiger partial charge < -0.3 is 23.9 Å². The highest BCUT2D eigenvalue weighted by Crippen LogP contribution is 2.37. The van der Waals surface area contributed by atoms with Crippen molar-refractivity contribution in [2.75, 3.05) is 13.7 Å². The average molecular weight is 566 g/mol. The number of hydrogen-bond acceptors (Lipinski definition) is 10. The van der Waals surface area contributed by atoms with Crippen LogP contribution in [0.25, 0.3) is 6.08 Å². The number of benzene rings is 1. The Kier molecular flexibility index (Phi) is 8.09. The van der Waals surface area contributed by atoms with Crippen molar-refractivity contribution < 1.29 is 42.7 Å². The molecule has 1 atom stereocenters. The fourth-order valence-corrected chi connectivity index (χ4v) is 3.62. The monoisotopic (exact) mass is 565 g/mol. The van der Waals surface area contributed by atoms with Gasteiger partial charge in [-0.15, -0.1) is 0 Å². The van der Waals surface area contributed by atoms with E-state index in [-0.39, 0.29) is 46.2 Å². The third-order valence-corrected chi connectivity index (χ3v) is 5.25. The van der Waals surface area contributed by atoms with E-state index in [1.54, 1.807) is 6.92 Å². The Bertz CT molecular complexity index is 1270. The first-order valence-corrected chi connectivity index (χ1v) is 11.2. The number of amides is 3. The molecule has 36 heavy (non-hydrogen) atoms. The van der Waals surface area contributed by atoms with Gasteiger partial charge in [0.25, 0.3) is 5.91 Å². The summed E-state index contributed by atoms with van der Waals surface area (Å²) >= 11 is 3.17. The van der Waals surface area contributed by atoms with E-state index in [9.17, 15) is 29.3 Å². The first-order chi connectivity index (χ1) is 17.0. The molecule has 1 N–H and O–H groups in total. The number of nitrogens with one attached hydrogen (secondary N) is 1. The lowest BCUT2D eigenvalue weighted by atomic mass is 10.1. The van der Waals surface area contributed by atoms with Gasteiger partial charge in [0, 0.05) is 16.1 Å². The van der Waals surface area contributed by atoms with Gasteiger partial charge in [-0.2, -0.15) is 0 Å². The van der Waals surface area contributed by atoms with Gasteiger partial charge in [-0.05, 0) is 38.1 Å². The third kappa shape index (κ3) is 5.71. The molecule has 190 valence electrons. The van der Waals surface area contributed by atoms with Crippen molar-refractivity contribution in [3.05, 3.63) is 61.6 Å². The summed E-state index contributed by atoms with van der Waals surface area (Å²) in [5.74, 6) is -2.48. The Balaban J connectivity index is 1.94. The molecule has 0 bridgehead atoms. The number of imide groups is 1. The van der Waals surface area contributed by atoms with E-state index in [1.165, 1.54) is 44.4 Å². The maximum atomic E-state index is 12.9. The second-order valence-electron chi connectivity index (χ2n) is 7.25. The standard InChI is InChI=1S/C22H20BrN3O10/c1-4-34-20(28)11(2)35-18-12(7-13(23)9-16(18)26(31)32)8-15-19(27)25(22(30)24-15)10-14-5-6-17(36-14)21(29)33-3/h5-9,11H,4,10H2,1-3H3,(H,24,30)/b15-8-/t11-/m0/s1. The predicted molar refractivity (Wildman–Crippen MR) is 125 cm³/mol. The highest BCUT2D eigenvalue weighted by Gasteiger charge is 2.35. The highest BCUT2D eigenvalue weighted by atomic mass is 79.9. The number of ether oxygens (including phenoxy) is 3. The summed E-state index contributed by atoms with van der Waals surface area (Å²) in [5.41, 5.74) is -0.642. The van der Waals surface area contributed by atoms with Crippen molar-refractivity contribution in [1.82, 2.24) is 10.2 Å². The highest BCUT2D eigenvalue weighted by molar-refractivity contribution is 9.10. The first kappa shape index (κ1) is 26.4. The van der Waals surface area contributed by atoms with Crippen LogP contribution in [0.15, 0.2) is 38.9 Å². The number of esters is 2. The minimum Gasteiger partial charge on any atom is -0.471 e. The van der Waals surface area contributed by atoms with Gasteiger partial charge in [0.05, 0.1) is 25.2 Å². The number of carbonyl (C=O) groups is 4. The van der Waals surface area contributed by atoms with E-state index in [4.69, 9.17) is 13.9 Å². The quantitative estimate of drug-likeness (QED) is 0.157. The Morgan fingerprint density at radius 2 is 2.03 bits per heavy atom. The Morgan fingerprint density at radius 1 is 1.31 bits per heavy atom. The van der Waals surface area contributed by atoms with E-state index < -0.39 is 40.6 Å². The largest absolute Gasteiger partial charge is 0.471 e. The summed E-state index contributed by atoms with van der Waals surface area (Å²) in [7, 11) is 1.18. The van der Waals surface area contributed by atoms with E-state index in [0.29, 0.717) is 0 Å². The number of nitro groups is 1. The number of halogens is 1. The lowest BCUT2D eigenvalue weighted by molar-refractivity contribution is -0.386. The molecule has 3 amide bonds. The molecule has 2 aromatic rings. The maximum Gasteiger partial charge on any atom is 0.373 e. The molecule has 14 heteroatoms. The summed E-state index contributed by atoms with van der Waals surface area (Å²) in [6.45, 7) is 2.75. The van der Waals surface area contributed by atoms with Crippen molar-refractivity contribution in [3.63, 3.8) is 0 Å². The number of rotatable bonds is 9. The topological polar surface area (TPSA) is 168 Å². The van der Waals surface area contributed by atoms with Crippen molar-refractivity contribution in [2.24, 2.45) is 0 Å². The molecule has 13 nitrogen and oxygen atoms in total. The van der Waals surface area contributed by atoms with Gasteiger partial charge in [-0.3, -0.25) is 19.8 Å². The van der Waals surface area contributed by atoms with Gasteiger partial charge in [-0.1, -0.05) is 15.9 Å². The number of carbonyl (C=O) groups excluding carboxylic acids is 4. The molecule has 1 aromatic carbocycles. The second kappa shape index (κ2) is 11.0. The van der Waals surface area contributed by atoms with E-state index >= 15 is 0 Å². The van der Waals surface area contributed by atoms with Crippen LogP contribution in [-0.2, 0) is 25.6 Å². The summed E-state index contributed by atoms with van der Waals surface area (Å²) < 4.78 is 20.6. The molecule has 0 saturated carbocycles. The van der Waals surface area contributed by atoms with Crippen LogP contribution in [0.4, 0.5) is 10.5 Å². The fourth-order valence-electron chi connectivity index (χ4n) is 3.16. The Hall–Kier alpha value is -4.20. The normalized spacial score (nSPS) is 15.0. The average Bonchev–Trinajstić information content (AvgIpc) is 3.40. The molecule has 1 saturated heterocycles. The molecule has 1 fully saturated rings. The number of hydrogen-bond donors (Lipinski definition) is 1. The van der Waals surface area contributed by atoms with Crippen LogP contribution in [0, 0.1) is 10.1 Å². The molecule has 0 spiro atoms. The molecule has 0 aliphatic carbocycles. The fraction of sp³-hybridized carbons (Fsp3) is 0.273. The third-order valence-electron chi connectivity index (χ3n) is 4.80. The van der Waals surface area contributed by atoms with Crippen molar-refractivity contribution >= 4 is 51.6 Å². The Labute approximate surface area is 212 Å². The SMILES string of the molecule is CCOC(=O)[C@H](C)Oc1c(/C=C2\NC(=O)N(Cc3ccc(C(=O)OC)o3)C2=O)cc(Br)cc1[N+](=O)[O-]. The first-order valence-electron chi connectivity index (χ1n) is 10.4.